The number of carboxylic acids is 1. The lowest BCUT2D eigenvalue weighted by molar-refractivity contribution is -0.192. The molecule has 1 spiro atoms. The lowest BCUT2D eigenvalue weighted by atomic mass is 9.76. The minimum Gasteiger partial charge on any atom is -0.475 e. The number of aliphatic carboxylic acids is 1. The van der Waals surface area contributed by atoms with E-state index in [0.717, 1.165) is 31.5 Å². The molecule has 1 unspecified atom stereocenters. The van der Waals surface area contributed by atoms with Gasteiger partial charge in [-0.1, -0.05) is 0 Å². The summed E-state index contributed by atoms with van der Waals surface area (Å²) in [5.41, 5.74) is 1.53. The maximum Gasteiger partial charge on any atom is 0.490 e. The summed E-state index contributed by atoms with van der Waals surface area (Å²) < 4.78 is 38.9. The molecule has 2 saturated heterocycles. The maximum absolute atomic E-state index is 12.4. The molecular formula is C19H22F3N5O5. The Morgan fingerprint density at radius 3 is 2.66 bits per heavy atom. The van der Waals surface area contributed by atoms with Gasteiger partial charge in [0.2, 0.25) is 0 Å². The van der Waals surface area contributed by atoms with Crippen LogP contribution >= 0.6 is 0 Å². The number of hydrogen-bond acceptors (Lipinski definition) is 7. The minimum atomic E-state index is -5.08. The molecule has 0 radical (unpaired) electrons. The summed E-state index contributed by atoms with van der Waals surface area (Å²) >= 11 is 0. The molecule has 2 aliphatic rings. The highest BCUT2D eigenvalue weighted by Gasteiger charge is 2.49. The molecular weight excluding hydrogens is 435 g/mol. The Hall–Kier alpha value is -3.22. The average Bonchev–Trinajstić information content (AvgIpc) is 3.26. The number of halogens is 3. The molecule has 4 heterocycles. The molecule has 0 bridgehead atoms. The van der Waals surface area contributed by atoms with Crippen LogP contribution in [-0.4, -0.2) is 69.5 Å². The lowest BCUT2D eigenvalue weighted by Gasteiger charge is -2.29. The van der Waals surface area contributed by atoms with Crippen molar-refractivity contribution in [1.82, 2.24) is 25.2 Å². The van der Waals surface area contributed by atoms with Gasteiger partial charge in [0.1, 0.15) is 11.8 Å². The Kier molecular flexibility index (Phi) is 6.67. The molecule has 2 aromatic heterocycles. The molecule has 1 atom stereocenters. The van der Waals surface area contributed by atoms with Crippen LogP contribution in [0, 0.1) is 12.3 Å². The van der Waals surface area contributed by atoms with Crippen molar-refractivity contribution in [3.8, 4) is 0 Å². The molecule has 1 amide bonds. The van der Waals surface area contributed by atoms with Crippen LogP contribution in [0.3, 0.4) is 0 Å². The monoisotopic (exact) mass is 457 g/mol. The van der Waals surface area contributed by atoms with Crippen molar-refractivity contribution in [2.75, 3.05) is 19.6 Å². The number of fused-ring (bicyclic) bond motifs is 1. The van der Waals surface area contributed by atoms with Crippen LogP contribution in [-0.2, 0) is 14.3 Å². The zero-order chi connectivity index (χ0) is 23.5. The first-order valence-corrected chi connectivity index (χ1v) is 9.83. The fourth-order valence-electron chi connectivity index (χ4n) is 3.67. The van der Waals surface area contributed by atoms with Crippen molar-refractivity contribution in [2.45, 2.75) is 38.5 Å². The fraction of sp³-hybridized carbons (Fsp3) is 0.526. The van der Waals surface area contributed by atoms with Gasteiger partial charge in [0, 0.05) is 18.2 Å². The highest BCUT2D eigenvalue weighted by atomic mass is 19.4. The molecule has 2 aromatic rings. The standard InChI is InChI=1S/C17H21N5O3.C2HF3O2/c1-11-9-20-22-7-2-13(21-14(11)22)15(23)19-10-12-8-17(16(24)25-12)3-5-18-6-4-17;3-2(4,5)1(6)7/h2,7,9,12,18H,3-6,8,10H2,1H3,(H,19,23);(H,6,7). The van der Waals surface area contributed by atoms with Gasteiger partial charge in [-0.25, -0.2) is 14.3 Å². The maximum atomic E-state index is 12.4. The molecule has 0 aliphatic carbocycles. The second-order valence-electron chi connectivity index (χ2n) is 7.68. The van der Waals surface area contributed by atoms with E-state index < -0.39 is 12.1 Å². The van der Waals surface area contributed by atoms with E-state index in [0.29, 0.717) is 24.3 Å². The van der Waals surface area contributed by atoms with Gasteiger partial charge in [-0.05, 0) is 38.9 Å². The zero-order valence-electron chi connectivity index (χ0n) is 17.1. The van der Waals surface area contributed by atoms with E-state index in [1.807, 2.05) is 6.92 Å². The van der Waals surface area contributed by atoms with Crippen LogP contribution in [0.4, 0.5) is 13.2 Å². The van der Waals surface area contributed by atoms with E-state index in [9.17, 15) is 22.8 Å². The lowest BCUT2D eigenvalue weighted by Crippen LogP contribution is -2.39. The second kappa shape index (κ2) is 9.10. The Bertz CT molecular complexity index is 1020. The van der Waals surface area contributed by atoms with E-state index in [2.05, 4.69) is 20.7 Å². The number of piperidine rings is 1. The number of carbonyl (C=O) groups excluding carboxylic acids is 2. The largest absolute Gasteiger partial charge is 0.490 e. The molecule has 2 fully saturated rings. The van der Waals surface area contributed by atoms with Gasteiger partial charge in [-0.15, -0.1) is 0 Å². The summed E-state index contributed by atoms with van der Waals surface area (Å²) in [5.74, 6) is -3.15. The second-order valence-corrected chi connectivity index (χ2v) is 7.68. The minimum absolute atomic E-state index is 0.123. The number of nitrogens with one attached hydrogen (secondary N) is 2. The Morgan fingerprint density at radius 1 is 1.38 bits per heavy atom. The first-order chi connectivity index (χ1) is 15.0. The SMILES string of the molecule is Cc1cnn2ccc(C(=O)NCC3CC4(CCNCC4)C(=O)O3)nc12.O=C(O)C(F)(F)F. The van der Waals surface area contributed by atoms with Gasteiger partial charge in [0.05, 0.1) is 18.2 Å². The number of aryl methyl sites for hydroxylation is 1. The summed E-state index contributed by atoms with van der Waals surface area (Å²) in [6.07, 6.45) is 0.339. The number of ether oxygens (including phenoxy) is 1. The zero-order valence-corrected chi connectivity index (χ0v) is 17.1. The predicted molar refractivity (Wildman–Crippen MR) is 103 cm³/mol. The van der Waals surface area contributed by atoms with E-state index in [-0.39, 0.29) is 23.4 Å². The summed E-state index contributed by atoms with van der Waals surface area (Å²) in [5, 5.41) is 17.4. The van der Waals surface area contributed by atoms with Gasteiger partial charge < -0.3 is 20.5 Å². The van der Waals surface area contributed by atoms with Crippen LogP contribution in [0.5, 0.6) is 0 Å². The highest BCUT2D eigenvalue weighted by Crippen LogP contribution is 2.41. The Balaban J connectivity index is 0.000000360. The fourth-order valence-corrected chi connectivity index (χ4v) is 3.67. The summed E-state index contributed by atoms with van der Waals surface area (Å²) in [7, 11) is 0. The Labute approximate surface area is 180 Å². The molecule has 174 valence electrons. The van der Waals surface area contributed by atoms with Crippen molar-refractivity contribution in [1.29, 1.82) is 0 Å². The summed E-state index contributed by atoms with van der Waals surface area (Å²) in [4.78, 5) is 37.9. The molecule has 4 rings (SSSR count). The summed E-state index contributed by atoms with van der Waals surface area (Å²) in [6.45, 7) is 3.88. The first-order valence-electron chi connectivity index (χ1n) is 9.83. The van der Waals surface area contributed by atoms with Gasteiger partial charge in [-0.3, -0.25) is 9.59 Å². The number of hydrogen-bond donors (Lipinski definition) is 3. The van der Waals surface area contributed by atoms with Gasteiger partial charge in [-0.2, -0.15) is 18.3 Å². The number of amides is 1. The quantitative estimate of drug-likeness (QED) is 0.583. The number of rotatable bonds is 3. The predicted octanol–water partition coefficient (Wildman–Crippen LogP) is 1.09. The van der Waals surface area contributed by atoms with Crippen molar-refractivity contribution < 1.29 is 37.4 Å². The van der Waals surface area contributed by atoms with Crippen LogP contribution in [0.25, 0.3) is 5.65 Å². The van der Waals surface area contributed by atoms with Crippen molar-refractivity contribution in [2.24, 2.45) is 5.41 Å². The van der Waals surface area contributed by atoms with Crippen molar-refractivity contribution >= 4 is 23.5 Å². The van der Waals surface area contributed by atoms with Crippen LogP contribution in [0.2, 0.25) is 0 Å². The number of carbonyl (C=O) groups is 3. The topological polar surface area (TPSA) is 135 Å². The van der Waals surface area contributed by atoms with Gasteiger partial charge >= 0.3 is 18.1 Å². The van der Waals surface area contributed by atoms with E-state index in [1.165, 1.54) is 0 Å². The Morgan fingerprint density at radius 2 is 2.03 bits per heavy atom. The third-order valence-corrected chi connectivity index (χ3v) is 5.40. The van der Waals surface area contributed by atoms with E-state index in [1.54, 1.807) is 23.0 Å². The van der Waals surface area contributed by atoms with Gasteiger partial charge in [0.25, 0.3) is 5.91 Å². The molecule has 13 heteroatoms. The third-order valence-electron chi connectivity index (χ3n) is 5.40. The number of cyclic esters (lactones) is 1. The normalized spacial score (nSPS) is 19.9. The van der Waals surface area contributed by atoms with Crippen molar-refractivity contribution in [3.63, 3.8) is 0 Å². The molecule has 2 aliphatic heterocycles. The highest BCUT2D eigenvalue weighted by molar-refractivity contribution is 5.92. The number of aromatic nitrogens is 3. The van der Waals surface area contributed by atoms with E-state index >= 15 is 0 Å². The molecule has 0 aromatic carbocycles. The third kappa shape index (κ3) is 5.15. The average molecular weight is 457 g/mol. The van der Waals surface area contributed by atoms with Gasteiger partial charge in [0.15, 0.2) is 5.65 Å². The number of carboxylic acid groups (broad SMARTS) is 1. The number of alkyl halides is 3. The van der Waals surface area contributed by atoms with Crippen molar-refractivity contribution in [3.05, 3.63) is 29.7 Å². The number of nitrogens with zero attached hydrogens (tertiary/aromatic N) is 3. The van der Waals surface area contributed by atoms with Crippen LogP contribution in [0.15, 0.2) is 18.5 Å². The number of esters is 1. The summed E-state index contributed by atoms with van der Waals surface area (Å²) in [6, 6.07) is 1.63. The first kappa shape index (κ1) is 23.4. The molecule has 10 nitrogen and oxygen atoms in total. The molecule has 3 N–H and O–H groups in total. The molecule has 0 saturated carbocycles. The smallest absolute Gasteiger partial charge is 0.475 e. The molecule has 32 heavy (non-hydrogen) atoms. The van der Waals surface area contributed by atoms with E-state index in [4.69, 9.17) is 14.6 Å². The van der Waals surface area contributed by atoms with Crippen LogP contribution < -0.4 is 10.6 Å². The van der Waals surface area contributed by atoms with Crippen LogP contribution in [0.1, 0.15) is 35.3 Å².